The maximum Gasteiger partial charge on any atom is 0.172 e. The van der Waals surface area contributed by atoms with Crippen molar-refractivity contribution in [2.75, 3.05) is 32.2 Å². The van der Waals surface area contributed by atoms with Gasteiger partial charge in [-0.3, -0.25) is 0 Å². The van der Waals surface area contributed by atoms with Crippen LogP contribution in [0, 0.1) is 0 Å². The molecule has 1 aromatic rings. The Balaban J connectivity index is 2.35. The fraction of sp³-hybridized carbons (Fsp3) is 0.462. The molecule has 2 unspecified atom stereocenters. The minimum Gasteiger partial charge on any atom is -0.409 e. The van der Waals surface area contributed by atoms with E-state index in [9.17, 15) is 0 Å². The van der Waals surface area contributed by atoms with Crippen LogP contribution in [-0.4, -0.2) is 50.6 Å². The molecule has 0 saturated carbocycles. The minimum absolute atomic E-state index is 0.0286. The third kappa shape index (κ3) is 2.82. The molecule has 1 heterocycles. The first-order chi connectivity index (χ1) is 9.60. The van der Waals surface area contributed by atoms with Crippen molar-refractivity contribution in [2.24, 2.45) is 10.9 Å². The predicted molar refractivity (Wildman–Crippen MR) is 77.8 cm³/mol. The molecule has 0 amide bonds. The second kappa shape index (κ2) is 6.30. The van der Waals surface area contributed by atoms with Crippen LogP contribution in [-0.2, 0) is 9.47 Å². The zero-order valence-corrected chi connectivity index (χ0v) is 12.2. The van der Waals surface area contributed by atoms with Crippen molar-refractivity contribution < 1.29 is 14.7 Å². The molecule has 0 bridgehead atoms. The third-order valence-corrected chi connectivity index (χ3v) is 3.74. The Labute approximate surface area is 122 Å². The quantitative estimate of drug-likeness (QED) is 0.379. The topological polar surface area (TPSA) is 80.3 Å². The van der Waals surface area contributed by atoms with Gasteiger partial charge >= 0.3 is 0 Å². The van der Waals surface area contributed by atoms with Gasteiger partial charge in [-0.25, -0.2) is 0 Å². The number of nitrogens with zero attached hydrogens (tertiary/aromatic N) is 2. The van der Waals surface area contributed by atoms with Gasteiger partial charge in [0.15, 0.2) is 5.84 Å². The van der Waals surface area contributed by atoms with Crippen molar-refractivity contribution in [3.05, 3.63) is 28.8 Å². The van der Waals surface area contributed by atoms with E-state index in [1.54, 1.807) is 32.4 Å². The van der Waals surface area contributed by atoms with Gasteiger partial charge < -0.3 is 25.3 Å². The molecule has 20 heavy (non-hydrogen) atoms. The number of anilines is 1. The summed E-state index contributed by atoms with van der Waals surface area (Å²) in [6.45, 7) is 1.31. The van der Waals surface area contributed by atoms with E-state index in [0.29, 0.717) is 23.7 Å². The van der Waals surface area contributed by atoms with Gasteiger partial charge in [0.05, 0.1) is 0 Å². The van der Waals surface area contributed by atoms with Crippen molar-refractivity contribution in [1.82, 2.24) is 0 Å². The van der Waals surface area contributed by atoms with Crippen LogP contribution >= 0.6 is 11.6 Å². The lowest BCUT2D eigenvalue weighted by Gasteiger charge is -2.21. The summed E-state index contributed by atoms with van der Waals surface area (Å²) in [6.07, 6.45) is -0.0572. The number of methoxy groups -OCH3 is 2. The molecule has 7 heteroatoms. The maximum atomic E-state index is 8.88. The van der Waals surface area contributed by atoms with Crippen LogP contribution in [0.25, 0.3) is 0 Å². The molecule has 1 aliphatic rings. The van der Waals surface area contributed by atoms with Gasteiger partial charge in [0.1, 0.15) is 12.2 Å². The average molecular weight is 300 g/mol. The zero-order valence-electron chi connectivity index (χ0n) is 11.4. The Morgan fingerprint density at radius 1 is 1.35 bits per heavy atom. The lowest BCUT2D eigenvalue weighted by molar-refractivity contribution is -0.00461. The number of amidine groups is 1. The van der Waals surface area contributed by atoms with Crippen LogP contribution in [0.15, 0.2) is 23.4 Å². The number of hydrogen-bond donors (Lipinski definition) is 2. The molecule has 110 valence electrons. The standard InChI is InChI=1S/C13H18ClN3O3/c1-19-11-6-17(7-12(11)20-2)10-5-8(14)3-4-9(10)13(15)16-18/h3-5,11-12,18H,6-7H2,1-2H3,(H2,15,16). The van der Waals surface area contributed by atoms with Crippen LogP contribution in [0.5, 0.6) is 0 Å². The number of nitrogens with two attached hydrogens (primary N) is 1. The van der Waals surface area contributed by atoms with E-state index in [4.69, 9.17) is 32.0 Å². The van der Waals surface area contributed by atoms with Crippen molar-refractivity contribution in [3.8, 4) is 0 Å². The summed E-state index contributed by atoms with van der Waals surface area (Å²) >= 11 is 6.05. The molecule has 0 aromatic heterocycles. The molecule has 1 fully saturated rings. The van der Waals surface area contributed by atoms with E-state index < -0.39 is 0 Å². The van der Waals surface area contributed by atoms with Gasteiger partial charge in [0, 0.05) is 43.6 Å². The van der Waals surface area contributed by atoms with E-state index >= 15 is 0 Å². The lowest BCUT2D eigenvalue weighted by atomic mass is 10.1. The average Bonchev–Trinajstić information content (AvgIpc) is 2.89. The highest BCUT2D eigenvalue weighted by atomic mass is 35.5. The molecular weight excluding hydrogens is 282 g/mol. The highest BCUT2D eigenvalue weighted by Gasteiger charge is 2.34. The largest absolute Gasteiger partial charge is 0.409 e. The van der Waals surface area contributed by atoms with Gasteiger partial charge in [-0.15, -0.1) is 0 Å². The molecule has 6 nitrogen and oxygen atoms in total. The first-order valence-corrected chi connectivity index (χ1v) is 6.56. The van der Waals surface area contributed by atoms with E-state index in [-0.39, 0.29) is 18.0 Å². The minimum atomic E-state index is -0.0286. The lowest BCUT2D eigenvalue weighted by Crippen LogP contribution is -2.27. The molecule has 2 rings (SSSR count). The van der Waals surface area contributed by atoms with Crippen LogP contribution in [0.1, 0.15) is 5.56 Å². The van der Waals surface area contributed by atoms with Crippen LogP contribution in [0.4, 0.5) is 5.69 Å². The Morgan fingerprint density at radius 2 is 1.95 bits per heavy atom. The summed E-state index contributed by atoms with van der Waals surface area (Å²) in [4.78, 5) is 2.06. The normalized spacial score (nSPS) is 23.4. The fourth-order valence-corrected chi connectivity index (χ4v) is 2.60. The van der Waals surface area contributed by atoms with E-state index in [0.717, 1.165) is 5.69 Å². The Kier molecular flexibility index (Phi) is 4.69. The van der Waals surface area contributed by atoms with Crippen molar-refractivity contribution >= 4 is 23.1 Å². The molecular formula is C13H18ClN3O3. The molecule has 1 aromatic carbocycles. The second-order valence-corrected chi connectivity index (χ2v) is 5.04. The van der Waals surface area contributed by atoms with Crippen LogP contribution in [0.2, 0.25) is 5.02 Å². The maximum absolute atomic E-state index is 8.88. The van der Waals surface area contributed by atoms with Crippen molar-refractivity contribution in [1.29, 1.82) is 0 Å². The molecule has 2 atom stereocenters. The molecule has 1 aliphatic heterocycles. The molecule has 3 N–H and O–H groups in total. The summed E-state index contributed by atoms with van der Waals surface area (Å²) in [5.74, 6) is 0.0477. The van der Waals surface area contributed by atoms with Crippen molar-refractivity contribution in [2.45, 2.75) is 12.2 Å². The van der Waals surface area contributed by atoms with Gasteiger partial charge in [0.25, 0.3) is 0 Å². The number of oxime groups is 1. The number of rotatable bonds is 4. The number of benzene rings is 1. The SMILES string of the molecule is COC1CN(c2cc(Cl)ccc2/C(N)=N/O)CC1OC. The summed E-state index contributed by atoms with van der Waals surface area (Å²) in [5, 5.41) is 12.5. The number of halogens is 1. The Hall–Kier alpha value is -1.50. The Bertz CT molecular complexity index is 498. The van der Waals surface area contributed by atoms with E-state index in [1.807, 2.05) is 0 Å². The highest BCUT2D eigenvalue weighted by Crippen LogP contribution is 2.29. The smallest absolute Gasteiger partial charge is 0.172 e. The molecule has 0 spiro atoms. The molecule has 1 saturated heterocycles. The summed E-state index contributed by atoms with van der Waals surface area (Å²) in [7, 11) is 3.31. The first-order valence-electron chi connectivity index (χ1n) is 6.18. The molecule has 0 radical (unpaired) electrons. The predicted octanol–water partition coefficient (Wildman–Crippen LogP) is 1.28. The highest BCUT2D eigenvalue weighted by molar-refractivity contribution is 6.31. The fourth-order valence-electron chi connectivity index (χ4n) is 2.43. The van der Waals surface area contributed by atoms with Gasteiger partial charge in [-0.2, -0.15) is 0 Å². The Morgan fingerprint density at radius 3 is 2.45 bits per heavy atom. The first kappa shape index (κ1) is 14.9. The third-order valence-electron chi connectivity index (χ3n) is 3.50. The molecule has 0 aliphatic carbocycles. The summed E-state index contributed by atoms with van der Waals surface area (Å²) in [5.41, 5.74) is 7.14. The number of hydrogen-bond acceptors (Lipinski definition) is 5. The van der Waals surface area contributed by atoms with Crippen LogP contribution in [0.3, 0.4) is 0 Å². The van der Waals surface area contributed by atoms with Crippen LogP contribution < -0.4 is 10.6 Å². The van der Waals surface area contributed by atoms with E-state index in [1.165, 1.54) is 0 Å². The number of ether oxygens (including phenoxy) is 2. The zero-order chi connectivity index (χ0) is 14.7. The van der Waals surface area contributed by atoms with E-state index in [2.05, 4.69) is 10.1 Å². The summed E-state index contributed by atoms with van der Waals surface area (Å²) in [6, 6.07) is 5.23. The second-order valence-electron chi connectivity index (χ2n) is 4.60. The monoisotopic (exact) mass is 299 g/mol. The van der Waals surface area contributed by atoms with Gasteiger partial charge in [-0.05, 0) is 18.2 Å². The van der Waals surface area contributed by atoms with Gasteiger partial charge in [0.2, 0.25) is 0 Å². The van der Waals surface area contributed by atoms with Crippen molar-refractivity contribution in [3.63, 3.8) is 0 Å². The summed E-state index contributed by atoms with van der Waals surface area (Å²) < 4.78 is 10.8. The van der Waals surface area contributed by atoms with Gasteiger partial charge in [-0.1, -0.05) is 16.8 Å².